The van der Waals surface area contributed by atoms with Crippen molar-refractivity contribution in [2.45, 2.75) is 23.5 Å². The molecule has 0 aliphatic carbocycles. The van der Waals surface area contributed by atoms with Gasteiger partial charge in [0.15, 0.2) is 0 Å². The third-order valence-electron chi connectivity index (χ3n) is 2.23. The van der Waals surface area contributed by atoms with Crippen molar-refractivity contribution in [1.29, 1.82) is 0 Å². The van der Waals surface area contributed by atoms with E-state index in [1.165, 1.54) is 0 Å². The van der Waals surface area contributed by atoms with Crippen LogP contribution in [0.25, 0.3) is 0 Å². The number of thioether (sulfide) groups is 1. The predicted molar refractivity (Wildman–Crippen MR) is 63.0 cm³/mol. The molecular formula is C11H15NO3S. The van der Waals surface area contributed by atoms with Crippen LogP contribution >= 0.6 is 11.8 Å². The number of nitrogens with two attached hydrogens (primary N) is 1. The summed E-state index contributed by atoms with van der Waals surface area (Å²) in [7, 11) is 0. The Morgan fingerprint density at radius 2 is 1.94 bits per heavy atom. The van der Waals surface area contributed by atoms with Gasteiger partial charge in [0.1, 0.15) is 6.10 Å². The zero-order valence-electron chi connectivity index (χ0n) is 8.96. The van der Waals surface area contributed by atoms with Crippen molar-refractivity contribution in [3.05, 3.63) is 29.8 Å². The van der Waals surface area contributed by atoms with Crippen molar-refractivity contribution >= 4 is 17.7 Å². The predicted octanol–water partition coefficient (Wildman–Crippen LogP) is 0.678. The fourth-order valence-corrected chi connectivity index (χ4v) is 1.75. The molecule has 0 aromatic heterocycles. The molecule has 0 heterocycles. The van der Waals surface area contributed by atoms with Gasteiger partial charge in [0.2, 0.25) is 5.91 Å². The average molecular weight is 241 g/mol. The van der Waals surface area contributed by atoms with Crippen LogP contribution in [-0.4, -0.2) is 28.5 Å². The van der Waals surface area contributed by atoms with Gasteiger partial charge >= 0.3 is 0 Å². The van der Waals surface area contributed by atoms with E-state index in [0.29, 0.717) is 5.56 Å². The van der Waals surface area contributed by atoms with E-state index >= 15 is 0 Å². The van der Waals surface area contributed by atoms with Gasteiger partial charge in [0, 0.05) is 4.90 Å². The highest BCUT2D eigenvalue weighted by Crippen LogP contribution is 2.22. The summed E-state index contributed by atoms with van der Waals surface area (Å²) in [6, 6.07) is 7.14. The third kappa shape index (κ3) is 3.52. The molecule has 1 rings (SSSR count). The highest BCUT2D eigenvalue weighted by molar-refractivity contribution is 7.98. The first kappa shape index (κ1) is 13.0. The lowest BCUT2D eigenvalue weighted by atomic mass is 10.0. The number of aliphatic hydroxyl groups excluding tert-OH is 2. The lowest BCUT2D eigenvalue weighted by Crippen LogP contribution is -2.25. The topological polar surface area (TPSA) is 83.6 Å². The van der Waals surface area contributed by atoms with Gasteiger partial charge in [-0.1, -0.05) is 12.1 Å². The minimum Gasteiger partial charge on any atom is -0.390 e. The largest absolute Gasteiger partial charge is 0.390 e. The summed E-state index contributed by atoms with van der Waals surface area (Å²) >= 11 is 1.59. The molecule has 2 atom stereocenters. The first-order valence-corrected chi connectivity index (χ1v) is 6.05. The van der Waals surface area contributed by atoms with Gasteiger partial charge in [-0.15, -0.1) is 11.8 Å². The molecule has 0 bridgehead atoms. The second kappa shape index (κ2) is 5.89. The summed E-state index contributed by atoms with van der Waals surface area (Å²) in [6.07, 6.45) is -0.528. The van der Waals surface area contributed by atoms with Crippen molar-refractivity contribution in [1.82, 2.24) is 0 Å². The molecule has 0 spiro atoms. The van der Waals surface area contributed by atoms with E-state index in [-0.39, 0.29) is 6.42 Å². The highest BCUT2D eigenvalue weighted by Gasteiger charge is 2.19. The Kier molecular flexibility index (Phi) is 4.79. The number of hydrogen-bond acceptors (Lipinski definition) is 4. The SMILES string of the molecule is CSc1ccc(C(O)C(O)CC(N)=O)cc1. The zero-order chi connectivity index (χ0) is 12.1. The van der Waals surface area contributed by atoms with Gasteiger partial charge in [-0.25, -0.2) is 0 Å². The van der Waals surface area contributed by atoms with Crippen LogP contribution in [0.4, 0.5) is 0 Å². The monoisotopic (exact) mass is 241 g/mol. The fraction of sp³-hybridized carbons (Fsp3) is 0.364. The number of benzene rings is 1. The second-order valence-electron chi connectivity index (χ2n) is 3.46. The van der Waals surface area contributed by atoms with Crippen LogP contribution in [0.5, 0.6) is 0 Å². The Balaban J connectivity index is 2.71. The molecule has 2 unspecified atom stereocenters. The Labute approximate surface area is 98.5 Å². The summed E-state index contributed by atoms with van der Waals surface area (Å²) in [4.78, 5) is 11.7. The Hall–Kier alpha value is -1.04. The lowest BCUT2D eigenvalue weighted by molar-refractivity contribution is -0.121. The summed E-state index contributed by atoms with van der Waals surface area (Å²) in [5.41, 5.74) is 5.52. The third-order valence-corrected chi connectivity index (χ3v) is 2.98. The summed E-state index contributed by atoms with van der Waals surface area (Å²) in [5.74, 6) is -0.632. The number of rotatable bonds is 5. The molecule has 0 fully saturated rings. The van der Waals surface area contributed by atoms with Crippen LogP contribution in [0.3, 0.4) is 0 Å². The van der Waals surface area contributed by atoms with Gasteiger partial charge in [-0.2, -0.15) is 0 Å². The summed E-state index contributed by atoms with van der Waals surface area (Å²) in [6.45, 7) is 0. The Bertz CT molecular complexity index is 353. The van der Waals surface area contributed by atoms with Gasteiger partial charge in [0.05, 0.1) is 12.5 Å². The molecule has 1 amide bonds. The van der Waals surface area contributed by atoms with Crippen LogP contribution in [0, 0.1) is 0 Å². The van der Waals surface area contributed by atoms with Gasteiger partial charge in [-0.3, -0.25) is 4.79 Å². The van der Waals surface area contributed by atoms with E-state index in [2.05, 4.69) is 0 Å². The minimum atomic E-state index is -1.15. The van der Waals surface area contributed by atoms with Crippen molar-refractivity contribution in [3.63, 3.8) is 0 Å². The van der Waals surface area contributed by atoms with Crippen LogP contribution in [0.15, 0.2) is 29.2 Å². The zero-order valence-corrected chi connectivity index (χ0v) is 9.78. The van der Waals surface area contributed by atoms with Crippen LogP contribution in [-0.2, 0) is 4.79 Å². The number of amides is 1. The van der Waals surface area contributed by atoms with Gasteiger partial charge in [-0.05, 0) is 24.0 Å². The molecule has 1 aromatic rings. The molecule has 0 radical (unpaired) electrons. The van der Waals surface area contributed by atoms with E-state index < -0.39 is 18.1 Å². The summed E-state index contributed by atoms with van der Waals surface area (Å²) in [5, 5.41) is 19.2. The van der Waals surface area contributed by atoms with E-state index in [1.54, 1.807) is 23.9 Å². The van der Waals surface area contributed by atoms with E-state index in [9.17, 15) is 15.0 Å². The molecule has 4 N–H and O–H groups in total. The van der Waals surface area contributed by atoms with E-state index in [0.717, 1.165) is 4.90 Å². The molecule has 1 aromatic carbocycles. The van der Waals surface area contributed by atoms with Gasteiger partial charge < -0.3 is 15.9 Å². The van der Waals surface area contributed by atoms with Crippen molar-refractivity contribution in [3.8, 4) is 0 Å². The number of aliphatic hydroxyl groups is 2. The highest BCUT2D eigenvalue weighted by atomic mass is 32.2. The van der Waals surface area contributed by atoms with Crippen LogP contribution in [0.2, 0.25) is 0 Å². The minimum absolute atomic E-state index is 0.245. The number of hydrogen-bond donors (Lipinski definition) is 3. The Morgan fingerprint density at radius 1 is 1.38 bits per heavy atom. The molecule has 5 heteroatoms. The maximum atomic E-state index is 10.6. The normalized spacial score (nSPS) is 14.4. The number of primary amides is 1. The quantitative estimate of drug-likeness (QED) is 0.662. The van der Waals surface area contributed by atoms with Crippen molar-refractivity contribution < 1.29 is 15.0 Å². The maximum Gasteiger partial charge on any atom is 0.220 e. The molecule has 16 heavy (non-hydrogen) atoms. The molecule has 88 valence electrons. The molecule has 0 saturated heterocycles. The Morgan fingerprint density at radius 3 is 2.38 bits per heavy atom. The molecule has 0 saturated carbocycles. The molecule has 0 aliphatic heterocycles. The first-order chi connectivity index (χ1) is 7.54. The standard InChI is InChI=1S/C11H15NO3S/c1-16-8-4-2-7(3-5-8)11(15)9(13)6-10(12)14/h2-5,9,11,13,15H,6H2,1H3,(H2,12,14). The maximum absolute atomic E-state index is 10.6. The lowest BCUT2D eigenvalue weighted by Gasteiger charge is -2.16. The number of carbonyl (C=O) groups is 1. The molecule has 0 aliphatic rings. The average Bonchev–Trinajstić information content (AvgIpc) is 2.27. The second-order valence-corrected chi connectivity index (χ2v) is 4.34. The van der Waals surface area contributed by atoms with Crippen LogP contribution in [0.1, 0.15) is 18.1 Å². The van der Waals surface area contributed by atoms with Gasteiger partial charge in [0.25, 0.3) is 0 Å². The number of carbonyl (C=O) groups excluding carboxylic acids is 1. The van der Waals surface area contributed by atoms with E-state index in [4.69, 9.17) is 5.73 Å². The van der Waals surface area contributed by atoms with E-state index in [1.807, 2.05) is 18.4 Å². The molecule has 4 nitrogen and oxygen atoms in total. The van der Waals surface area contributed by atoms with Crippen molar-refractivity contribution in [2.24, 2.45) is 5.73 Å². The molecular weight excluding hydrogens is 226 g/mol. The smallest absolute Gasteiger partial charge is 0.220 e. The fourth-order valence-electron chi connectivity index (χ4n) is 1.34. The van der Waals surface area contributed by atoms with Crippen LogP contribution < -0.4 is 5.73 Å². The van der Waals surface area contributed by atoms with Crippen molar-refractivity contribution in [2.75, 3.05) is 6.26 Å². The first-order valence-electron chi connectivity index (χ1n) is 4.83. The summed E-state index contributed by atoms with van der Waals surface area (Å²) < 4.78 is 0.